The maximum Gasteiger partial charge on any atom is 0.345 e. The first kappa shape index (κ1) is 21.7. The minimum atomic E-state index is -0.718. The summed E-state index contributed by atoms with van der Waals surface area (Å²) in [5.74, 6) is -1.89. The first-order chi connectivity index (χ1) is 13.6. The third kappa shape index (κ3) is 5.44. The molecule has 2 heterocycles. The lowest BCUT2D eigenvalue weighted by Gasteiger charge is -2.12. The van der Waals surface area contributed by atoms with Gasteiger partial charge in [-0.1, -0.05) is 0 Å². The van der Waals surface area contributed by atoms with Crippen molar-refractivity contribution in [3.63, 3.8) is 0 Å². The number of esters is 2. The normalized spacial score (nSPS) is 9.83. The maximum absolute atomic E-state index is 12.4. The fourth-order valence-electron chi connectivity index (χ4n) is 2.25. The number of carbonyl (C=O) groups is 3. The molecule has 0 spiro atoms. The lowest BCUT2D eigenvalue weighted by molar-refractivity contribution is 0.0681. The molecule has 0 bridgehead atoms. The van der Waals surface area contributed by atoms with Crippen LogP contribution in [0.15, 0.2) is 67.3 Å². The van der Waals surface area contributed by atoms with Crippen molar-refractivity contribution in [1.29, 1.82) is 0 Å². The number of nitrogens with two attached hydrogens (primary N) is 1. The van der Waals surface area contributed by atoms with Crippen LogP contribution in [0, 0.1) is 0 Å². The van der Waals surface area contributed by atoms with Crippen LogP contribution >= 0.6 is 12.4 Å². The van der Waals surface area contributed by atoms with E-state index < -0.39 is 11.9 Å². The van der Waals surface area contributed by atoms with Crippen molar-refractivity contribution >= 4 is 30.1 Å². The Labute approximate surface area is 172 Å². The van der Waals surface area contributed by atoms with Gasteiger partial charge in [0.2, 0.25) is 0 Å². The number of hydrogen-bond donors (Lipinski definition) is 1. The molecular formula is C20H16ClN3O5. The standard InChI is InChI=1S/C20H15N3O5.ClH/c21-10-16(24)13-5-6-17(27-19(25)14-3-1-7-22-11-14)18(9-13)28-20(26)15-4-2-8-23-12-15;/h1-9,11-12H,10,21H2;1H. The maximum atomic E-state index is 12.4. The second-order valence-electron chi connectivity index (χ2n) is 5.55. The van der Waals surface area contributed by atoms with Crippen LogP contribution in [0.4, 0.5) is 0 Å². The van der Waals surface area contributed by atoms with Gasteiger partial charge in [0, 0.05) is 30.4 Å². The molecule has 0 saturated carbocycles. The van der Waals surface area contributed by atoms with E-state index in [1.54, 1.807) is 12.1 Å². The molecule has 0 fully saturated rings. The Morgan fingerprint density at radius 2 is 1.34 bits per heavy atom. The van der Waals surface area contributed by atoms with Crippen molar-refractivity contribution in [2.45, 2.75) is 0 Å². The topological polar surface area (TPSA) is 121 Å². The van der Waals surface area contributed by atoms with Gasteiger partial charge in [0.15, 0.2) is 17.3 Å². The Bertz CT molecular complexity index is 1010. The highest BCUT2D eigenvalue weighted by atomic mass is 35.5. The van der Waals surface area contributed by atoms with Crippen LogP contribution in [0.5, 0.6) is 11.5 Å². The second-order valence-corrected chi connectivity index (χ2v) is 5.55. The van der Waals surface area contributed by atoms with Gasteiger partial charge in [-0.2, -0.15) is 0 Å². The number of benzene rings is 1. The van der Waals surface area contributed by atoms with Crippen molar-refractivity contribution < 1.29 is 23.9 Å². The Balaban J connectivity index is 0.00000300. The summed E-state index contributed by atoms with van der Waals surface area (Å²) in [5.41, 5.74) is 6.02. The SMILES string of the molecule is Cl.NCC(=O)c1ccc(OC(=O)c2cccnc2)c(OC(=O)c2cccnc2)c1. The van der Waals surface area contributed by atoms with Crippen LogP contribution in [0.1, 0.15) is 31.1 Å². The van der Waals surface area contributed by atoms with Crippen molar-refractivity contribution in [2.75, 3.05) is 6.54 Å². The van der Waals surface area contributed by atoms with Gasteiger partial charge in [-0.15, -0.1) is 12.4 Å². The number of ether oxygens (including phenoxy) is 2. The van der Waals surface area contributed by atoms with Gasteiger partial charge in [0.05, 0.1) is 17.7 Å². The summed E-state index contributed by atoms with van der Waals surface area (Å²) in [6.07, 6.45) is 5.71. The smallest absolute Gasteiger partial charge is 0.345 e. The number of halogens is 1. The lowest BCUT2D eigenvalue weighted by atomic mass is 10.1. The van der Waals surface area contributed by atoms with E-state index in [0.29, 0.717) is 0 Å². The highest BCUT2D eigenvalue weighted by molar-refractivity contribution is 5.99. The first-order valence-corrected chi connectivity index (χ1v) is 8.20. The lowest BCUT2D eigenvalue weighted by Crippen LogP contribution is -2.16. The van der Waals surface area contributed by atoms with E-state index in [2.05, 4.69) is 9.97 Å². The third-order valence-electron chi connectivity index (χ3n) is 3.65. The summed E-state index contributed by atoms with van der Waals surface area (Å²) in [4.78, 5) is 44.2. The summed E-state index contributed by atoms with van der Waals surface area (Å²) in [6.45, 7) is -0.217. The van der Waals surface area contributed by atoms with Gasteiger partial charge in [0.1, 0.15) is 0 Å². The molecule has 0 saturated heterocycles. The highest BCUT2D eigenvalue weighted by Crippen LogP contribution is 2.30. The van der Waals surface area contributed by atoms with Crippen molar-refractivity contribution in [3.05, 3.63) is 83.9 Å². The number of carbonyl (C=O) groups excluding carboxylic acids is 3. The molecule has 0 aliphatic carbocycles. The molecular weight excluding hydrogens is 398 g/mol. The van der Waals surface area contributed by atoms with Crippen molar-refractivity contribution in [1.82, 2.24) is 9.97 Å². The van der Waals surface area contributed by atoms with Crippen LogP contribution in [-0.4, -0.2) is 34.2 Å². The monoisotopic (exact) mass is 413 g/mol. The molecule has 3 aromatic rings. The van der Waals surface area contributed by atoms with Crippen LogP contribution in [-0.2, 0) is 0 Å². The van der Waals surface area contributed by atoms with Crippen LogP contribution in [0.3, 0.4) is 0 Å². The molecule has 148 valence electrons. The van der Waals surface area contributed by atoms with Crippen LogP contribution in [0.2, 0.25) is 0 Å². The highest BCUT2D eigenvalue weighted by Gasteiger charge is 2.18. The summed E-state index contributed by atoms with van der Waals surface area (Å²) in [7, 11) is 0. The van der Waals surface area contributed by atoms with E-state index in [4.69, 9.17) is 15.2 Å². The second kappa shape index (κ2) is 10.1. The molecule has 3 rings (SSSR count). The minimum absolute atomic E-state index is 0. The summed E-state index contributed by atoms with van der Waals surface area (Å²) in [6, 6.07) is 10.3. The van der Waals surface area contributed by atoms with Crippen molar-refractivity contribution in [3.8, 4) is 11.5 Å². The van der Waals surface area contributed by atoms with Gasteiger partial charge in [0.25, 0.3) is 0 Å². The number of Topliss-reactive ketones (excluding diaryl/α,β-unsaturated/α-hetero) is 1. The molecule has 0 atom stereocenters. The zero-order valence-corrected chi connectivity index (χ0v) is 15.8. The van der Waals surface area contributed by atoms with Crippen LogP contribution in [0.25, 0.3) is 0 Å². The number of aromatic nitrogens is 2. The zero-order valence-electron chi connectivity index (χ0n) is 15.0. The molecule has 9 heteroatoms. The molecule has 0 unspecified atom stereocenters. The summed E-state index contributed by atoms with van der Waals surface area (Å²) < 4.78 is 10.7. The van der Waals surface area contributed by atoms with E-state index in [1.165, 1.54) is 55.1 Å². The fourth-order valence-corrected chi connectivity index (χ4v) is 2.25. The largest absolute Gasteiger partial charge is 0.419 e. The summed E-state index contributed by atoms with van der Waals surface area (Å²) in [5, 5.41) is 0. The average molecular weight is 414 g/mol. The van der Waals surface area contributed by atoms with E-state index >= 15 is 0 Å². The summed E-state index contributed by atoms with van der Waals surface area (Å²) >= 11 is 0. The van der Waals surface area contributed by atoms with E-state index in [0.717, 1.165) is 0 Å². The Kier molecular flexibility index (Phi) is 7.53. The van der Waals surface area contributed by atoms with Crippen molar-refractivity contribution in [2.24, 2.45) is 5.73 Å². The van der Waals surface area contributed by atoms with E-state index in [9.17, 15) is 14.4 Å². The van der Waals surface area contributed by atoms with Gasteiger partial charge in [-0.25, -0.2) is 9.59 Å². The molecule has 0 radical (unpaired) electrons. The Morgan fingerprint density at radius 1 is 0.793 bits per heavy atom. The molecule has 0 aliphatic heterocycles. The third-order valence-corrected chi connectivity index (χ3v) is 3.65. The molecule has 2 N–H and O–H groups in total. The fraction of sp³-hybridized carbons (Fsp3) is 0.0500. The van der Waals surface area contributed by atoms with Gasteiger partial charge in [-0.05, 0) is 42.5 Å². The Hall–Kier alpha value is -3.62. The van der Waals surface area contributed by atoms with Gasteiger partial charge >= 0.3 is 11.9 Å². The molecule has 29 heavy (non-hydrogen) atoms. The number of nitrogens with zero attached hydrogens (tertiary/aromatic N) is 2. The molecule has 0 amide bonds. The van der Waals surface area contributed by atoms with E-state index in [-0.39, 0.29) is 52.9 Å². The predicted molar refractivity (Wildman–Crippen MR) is 105 cm³/mol. The minimum Gasteiger partial charge on any atom is -0.419 e. The number of hydrogen-bond acceptors (Lipinski definition) is 8. The molecule has 2 aromatic heterocycles. The number of ketones is 1. The number of rotatable bonds is 6. The quantitative estimate of drug-likeness (QED) is 0.371. The molecule has 8 nitrogen and oxygen atoms in total. The molecule has 0 aliphatic rings. The first-order valence-electron chi connectivity index (χ1n) is 8.20. The number of pyridine rings is 2. The van der Waals surface area contributed by atoms with Crippen LogP contribution < -0.4 is 15.2 Å². The Morgan fingerprint density at radius 3 is 1.83 bits per heavy atom. The van der Waals surface area contributed by atoms with E-state index in [1.807, 2.05) is 0 Å². The molecule has 1 aromatic carbocycles. The van der Waals surface area contributed by atoms with Gasteiger partial charge < -0.3 is 15.2 Å². The van der Waals surface area contributed by atoms with Gasteiger partial charge in [-0.3, -0.25) is 14.8 Å². The zero-order chi connectivity index (χ0) is 19.9. The average Bonchev–Trinajstić information content (AvgIpc) is 2.75. The predicted octanol–water partition coefficient (Wildman–Crippen LogP) is 2.48.